The van der Waals surface area contributed by atoms with Crippen molar-refractivity contribution >= 4 is 11.7 Å². The molecular formula is C18H21N3O3. The zero-order chi connectivity index (χ0) is 17.2. The molecule has 1 heterocycles. The monoisotopic (exact) mass is 327 g/mol. The molecule has 24 heavy (non-hydrogen) atoms. The third-order valence-electron chi connectivity index (χ3n) is 4.47. The largest absolute Gasteiger partial charge is 0.388 e. The maximum atomic E-state index is 12.4. The van der Waals surface area contributed by atoms with Crippen LogP contribution < -0.4 is 0 Å². The van der Waals surface area contributed by atoms with Crippen LogP contribution in [0, 0.1) is 0 Å². The van der Waals surface area contributed by atoms with E-state index >= 15 is 0 Å². The van der Waals surface area contributed by atoms with Crippen LogP contribution in [-0.2, 0) is 4.79 Å². The molecular weight excluding hydrogens is 306 g/mol. The Bertz CT molecular complexity index is 733. The number of carbonyl (C=O) groups is 2. The highest BCUT2D eigenvalue weighted by atomic mass is 16.3. The number of nitrogens with zero attached hydrogens (tertiary/aromatic N) is 3. The van der Waals surface area contributed by atoms with Gasteiger partial charge in [0.15, 0.2) is 0 Å². The summed E-state index contributed by atoms with van der Waals surface area (Å²) in [6.45, 7) is 0.185. The molecule has 0 aliphatic heterocycles. The first-order valence-electron chi connectivity index (χ1n) is 8.11. The minimum Gasteiger partial charge on any atom is -0.388 e. The fourth-order valence-electron chi connectivity index (χ4n) is 3.16. The van der Waals surface area contributed by atoms with Crippen LogP contribution in [0.25, 0.3) is 5.69 Å². The van der Waals surface area contributed by atoms with Crippen LogP contribution in [0.2, 0.25) is 0 Å². The number of ketones is 1. The average Bonchev–Trinajstić information content (AvgIpc) is 3.23. The van der Waals surface area contributed by atoms with Gasteiger partial charge in [0.1, 0.15) is 0 Å². The number of aliphatic hydroxyl groups is 1. The van der Waals surface area contributed by atoms with E-state index < -0.39 is 17.3 Å². The predicted octanol–water partition coefficient (Wildman–Crippen LogP) is 1.82. The van der Waals surface area contributed by atoms with Crippen molar-refractivity contribution in [2.45, 2.75) is 31.3 Å². The summed E-state index contributed by atoms with van der Waals surface area (Å²) in [5.74, 6) is -1.23. The number of Topliss-reactive ketones (excluding diaryl/α,β-unsaturated/α-hetero) is 1. The summed E-state index contributed by atoms with van der Waals surface area (Å²) in [6.07, 6.45) is 6.20. The lowest BCUT2D eigenvalue weighted by Gasteiger charge is -2.28. The van der Waals surface area contributed by atoms with Gasteiger partial charge >= 0.3 is 0 Å². The molecule has 1 saturated carbocycles. The number of hydrogen-bond acceptors (Lipinski definition) is 4. The molecule has 1 N–H and O–H groups in total. The molecule has 3 rings (SSSR count). The van der Waals surface area contributed by atoms with Crippen molar-refractivity contribution in [2.75, 3.05) is 13.6 Å². The Morgan fingerprint density at radius 1 is 1.25 bits per heavy atom. The number of likely N-dealkylation sites (N-methyl/N-ethyl adjacent to an activating group) is 1. The Kier molecular flexibility index (Phi) is 4.49. The van der Waals surface area contributed by atoms with Crippen LogP contribution in [0.1, 0.15) is 36.0 Å². The molecule has 0 atom stereocenters. The average molecular weight is 327 g/mol. The van der Waals surface area contributed by atoms with Crippen LogP contribution in [0.4, 0.5) is 0 Å². The minimum atomic E-state index is -0.862. The minimum absolute atomic E-state index is 0.185. The van der Waals surface area contributed by atoms with E-state index in [1.807, 2.05) is 30.3 Å². The highest BCUT2D eigenvalue weighted by Gasteiger charge is 2.35. The molecule has 0 bridgehead atoms. The molecule has 1 aromatic carbocycles. The molecule has 1 aliphatic rings. The number of hydrogen-bond donors (Lipinski definition) is 1. The normalized spacial score (nSPS) is 16.1. The predicted molar refractivity (Wildman–Crippen MR) is 88.9 cm³/mol. The van der Waals surface area contributed by atoms with Crippen molar-refractivity contribution in [2.24, 2.45) is 0 Å². The van der Waals surface area contributed by atoms with E-state index in [9.17, 15) is 14.7 Å². The molecule has 1 amide bonds. The van der Waals surface area contributed by atoms with Gasteiger partial charge in [0.2, 0.25) is 0 Å². The standard InChI is InChI=1S/C18H21N3O3/c1-20(13-18(24)9-5-6-10-18)17(23)16(22)14-11-19-21(12-14)15-7-3-2-4-8-15/h2-4,7-8,11-12,24H,5-6,9-10,13H2,1H3. The molecule has 1 aromatic heterocycles. The van der Waals surface area contributed by atoms with Crippen molar-refractivity contribution in [1.82, 2.24) is 14.7 Å². The molecule has 1 fully saturated rings. The first kappa shape index (κ1) is 16.4. The zero-order valence-corrected chi connectivity index (χ0v) is 13.7. The maximum absolute atomic E-state index is 12.4. The van der Waals surface area contributed by atoms with Crippen molar-refractivity contribution in [3.63, 3.8) is 0 Å². The van der Waals surface area contributed by atoms with Gasteiger partial charge in [-0.25, -0.2) is 4.68 Å². The summed E-state index contributed by atoms with van der Waals surface area (Å²) in [5.41, 5.74) is 0.200. The van der Waals surface area contributed by atoms with Gasteiger partial charge in [-0.2, -0.15) is 5.10 Å². The number of carbonyl (C=O) groups excluding carboxylic acids is 2. The first-order valence-corrected chi connectivity index (χ1v) is 8.11. The SMILES string of the molecule is CN(CC1(O)CCCC1)C(=O)C(=O)c1cnn(-c2ccccc2)c1. The molecule has 0 radical (unpaired) electrons. The van der Waals surface area contributed by atoms with Crippen LogP contribution in [0.15, 0.2) is 42.7 Å². The topological polar surface area (TPSA) is 75.4 Å². The Labute approximate surface area is 140 Å². The third kappa shape index (κ3) is 3.38. The van der Waals surface area contributed by atoms with Crippen molar-refractivity contribution in [3.05, 3.63) is 48.3 Å². The number of amides is 1. The molecule has 0 spiro atoms. The Morgan fingerprint density at radius 3 is 2.58 bits per heavy atom. The first-order chi connectivity index (χ1) is 11.5. The summed E-state index contributed by atoms with van der Waals surface area (Å²) < 4.78 is 1.56. The maximum Gasteiger partial charge on any atom is 0.294 e. The summed E-state index contributed by atoms with van der Waals surface area (Å²) in [4.78, 5) is 26.0. The molecule has 6 heteroatoms. The Balaban J connectivity index is 1.69. The molecule has 126 valence electrons. The van der Waals surface area contributed by atoms with Crippen molar-refractivity contribution < 1.29 is 14.7 Å². The van der Waals surface area contributed by atoms with Crippen LogP contribution >= 0.6 is 0 Å². The van der Waals surface area contributed by atoms with Gasteiger partial charge < -0.3 is 10.0 Å². The van der Waals surface area contributed by atoms with Crippen LogP contribution in [0.3, 0.4) is 0 Å². The van der Waals surface area contributed by atoms with E-state index in [1.54, 1.807) is 17.9 Å². The van der Waals surface area contributed by atoms with E-state index in [0.29, 0.717) is 12.8 Å². The molecule has 0 saturated heterocycles. The Hall–Kier alpha value is -2.47. The number of aromatic nitrogens is 2. The molecule has 6 nitrogen and oxygen atoms in total. The van der Waals surface area contributed by atoms with Gasteiger partial charge in [-0.05, 0) is 25.0 Å². The molecule has 0 unspecified atom stereocenters. The number of benzene rings is 1. The van der Waals surface area contributed by atoms with E-state index in [4.69, 9.17) is 0 Å². The highest BCUT2D eigenvalue weighted by Crippen LogP contribution is 2.30. The highest BCUT2D eigenvalue weighted by molar-refractivity contribution is 6.42. The lowest BCUT2D eigenvalue weighted by molar-refractivity contribution is -0.128. The second-order valence-corrected chi connectivity index (χ2v) is 6.43. The molecule has 2 aromatic rings. The van der Waals surface area contributed by atoms with Gasteiger partial charge in [0.25, 0.3) is 11.7 Å². The number of para-hydroxylation sites is 1. The van der Waals surface area contributed by atoms with Crippen LogP contribution in [-0.4, -0.2) is 50.7 Å². The third-order valence-corrected chi connectivity index (χ3v) is 4.47. The molecule has 1 aliphatic carbocycles. The van der Waals surface area contributed by atoms with Gasteiger partial charge in [0.05, 0.1) is 23.0 Å². The van der Waals surface area contributed by atoms with Gasteiger partial charge in [-0.15, -0.1) is 0 Å². The summed E-state index contributed by atoms with van der Waals surface area (Å²) >= 11 is 0. The smallest absolute Gasteiger partial charge is 0.294 e. The fraction of sp³-hybridized carbons (Fsp3) is 0.389. The van der Waals surface area contributed by atoms with Gasteiger partial charge in [0, 0.05) is 19.8 Å². The van der Waals surface area contributed by atoms with Crippen molar-refractivity contribution in [3.8, 4) is 5.69 Å². The fourth-order valence-corrected chi connectivity index (χ4v) is 3.16. The number of rotatable bonds is 5. The van der Waals surface area contributed by atoms with E-state index in [-0.39, 0.29) is 12.1 Å². The van der Waals surface area contributed by atoms with E-state index in [2.05, 4.69) is 5.10 Å². The summed E-state index contributed by atoms with van der Waals surface area (Å²) in [5, 5.41) is 14.5. The lowest BCUT2D eigenvalue weighted by Crippen LogP contribution is -2.44. The van der Waals surface area contributed by atoms with Crippen LogP contribution in [0.5, 0.6) is 0 Å². The van der Waals surface area contributed by atoms with Crippen molar-refractivity contribution in [1.29, 1.82) is 0 Å². The summed E-state index contributed by atoms with van der Waals surface area (Å²) in [7, 11) is 1.55. The van der Waals surface area contributed by atoms with E-state index in [0.717, 1.165) is 18.5 Å². The van der Waals surface area contributed by atoms with Gasteiger partial charge in [-0.1, -0.05) is 31.0 Å². The summed E-state index contributed by atoms with van der Waals surface area (Å²) in [6, 6.07) is 9.38. The zero-order valence-electron chi connectivity index (χ0n) is 13.7. The quantitative estimate of drug-likeness (QED) is 0.671. The Morgan fingerprint density at radius 2 is 1.92 bits per heavy atom. The van der Waals surface area contributed by atoms with E-state index in [1.165, 1.54) is 11.1 Å². The second-order valence-electron chi connectivity index (χ2n) is 6.43. The second kappa shape index (κ2) is 6.57. The van der Waals surface area contributed by atoms with Gasteiger partial charge in [-0.3, -0.25) is 9.59 Å². The lowest BCUT2D eigenvalue weighted by atomic mass is 10.0.